The molecule has 0 amide bonds. The van der Waals surface area contributed by atoms with Gasteiger partial charge in [-0.1, -0.05) is 42.5 Å². The van der Waals surface area contributed by atoms with Crippen LogP contribution in [0, 0.1) is 0 Å². The van der Waals surface area contributed by atoms with Crippen molar-refractivity contribution >= 4 is 32.8 Å². The van der Waals surface area contributed by atoms with Crippen LogP contribution in [0.3, 0.4) is 0 Å². The standard InChI is InChI=1S/C20H16O7S/c1-26-19(21)13-10-16(20(22)27-2)18(17(11-13)28(23,24)25)15-9-5-7-12-6-3-4-8-14(12)15/h3-11H,1-2H3,(H,23,24,25). The number of benzene rings is 3. The first-order valence-electron chi connectivity index (χ1n) is 8.08. The predicted octanol–water partition coefficient (Wildman–Crippen LogP) is 3.33. The van der Waals surface area contributed by atoms with Crippen LogP contribution in [-0.2, 0) is 19.6 Å². The first kappa shape index (κ1) is 19.5. The maximum atomic E-state index is 12.4. The lowest BCUT2D eigenvalue weighted by Gasteiger charge is -2.16. The summed E-state index contributed by atoms with van der Waals surface area (Å²) in [5.74, 6) is -1.72. The predicted molar refractivity (Wildman–Crippen MR) is 102 cm³/mol. The van der Waals surface area contributed by atoms with Crippen LogP contribution in [0.25, 0.3) is 21.9 Å². The van der Waals surface area contributed by atoms with E-state index in [9.17, 15) is 22.6 Å². The van der Waals surface area contributed by atoms with Crippen molar-refractivity contribution in [1.82, 2.24) is 0 Å². The molecule has 0 aromatic heterocycles. The van der Waals surface area contributed by atoms with Crippen molar-refractivity contribution in [3.8, 4) is 11.1 Å². The van der Waals surface area contributed by atoms with Gasteiger partial charge < -0.3 is 9.47 Å². The summed E-state index contributed by atoms with van der Waals surface area (Å²) in [6.45, 7) is 0. The zero-order valence-corrected chi connectivity index (χ0v) is 15.8. The molecule has 3 aromatic rings. The molecule has 8 heteroatoms. The lowest BCUT2D eigenvalue weighted by Crippen LogP contribution is -2.13. The van der Waals surface area contributed by atoms with Crippen molar-refractivity contribution in [3.05, 3.63) is 65.7 Å². The van der Waals surface area contributed by atoms with Gasteiger partial charge in [-0.15, -0.1) is 0 Å². The minimum atomic E-state index is -4.79. The minimum absolute atomic E-state index is 0.0567. The summed E-state index contributed by atoms with van der Waals surface area (Å²) in [6, 6.07) is 14.5. The van der Waals surface area contributed by atoms with E-state index in [2.05, 4.69) is 4.74 Å². The van der Waals surface area contributed by atoms with Crippen molar-refractivity contribution in [2.24, 2.45) is 0 Å². The van der Waals surface area contributed by atoms with Gasteiger partial charge in [0, 0.05) is 5.56 Å². The topological polar surface area (TPSA) is 107 Å². The van der Waals surface area contributed by atoms with E-state index in [-0.39, 0.29) is 16.7 Å². The smallest absolute Gasteiger partial charge is 0.338 e. The normalized spacial score (nSPS) is 11.2. The van der Waals surface area contributed by atoms with Gasteiger partial charge in [-0.2, -0.15) is 8.42 Å². The lowest BCUT2D eigenvalue weighted by molar-refractivity contribution is 0.0599. The van der Waals surface area contributed by atoms with E-state index in [1.54, 1.807) is 24.3 Å². The van der Waals surface area contributed by atoms with Crippen molar-refractivity contribution in [2.45, 2.75) is 4.90 Å². The molecule has 144 valence electrons. The molecule has 3 rings (SSSR count). The first-order chi connectivity index (χ1) is 13.3. The van der Waals surface area contributed by atoms with Gasteiger partial charge in [0.2, 0.25) is 0 Å². The van der Waals surface area contributed by atoms with Gasteiger partial charge in [0.05, 0.1) is 25.3 Å². The largest absolute Gasteiger partial charge is 0.465 e. The van der Waals surface area contributed by atoms with Crippen molar-refractivity contribution in [2.75, 3.05) is 14.2 Å². The Labute approximate surface area is 161 Å². The fraction of sp³-hybridized carbons (Fsp3) is 0.100. The van der Waals surface area contributed by atoms with Crippen LogP contribution in [0.5, 0.6) is 0 Å². The summed E-state index contributed by atoms with van der Waals surface area (Å²) in [4.78, 5) is 23.8. The third-order valence-electron chi connectivity index (χ3n) is 4.27. The molecule has 0 atom stereocenters. The molecular formula is C20H16O7S. The molecule has 0 saturated heterocycles. The second-order valence-corrected chi connectivity index (χ2v) is 7.27. The molecule has 3 aromatic carbocycles. The quantitative estimate of drug-likeness (QED) is 0.529. The third kappa shape index (κ3) is 3.47. The molecule has 7 nitrogen and oxygen atoms in total. The number of carbonyl (C=O) groups excluding carboxylic acids is 2. The molecule has 0 aliphatic carbocycles. The van der Waals surface area contributed by atoms with Crippen LogP contribution in [0.2, 0.25) is 0 Å². The van der Waals surface area contributed by atoms with Crippen LogP contribution in [0.4, 0.5) is 0 Å². The third-order valence-corrected chi connectivity index (χ3v) is 5.14. The summed E-state index contributed by atoms with van der Waals surface area (Å²) in [7, 11) is -2.55. The second kappa shape index (κ2) is 7.41. The van der Waals surface area contributed by atoms with Gasteiger partial charge in [0.25, 0.3) is 10.1 Å². The molecule has 28 heavy (non-hydrogen) atoms. The Hall–Kier alpha value is -3.23. The number of carbonyl (C=O) groups is 2. The summed E-state index contributed by atoms with van der Waals surface area (Å²) in [6.07, 6.45) is 0. The monoisotopic (exact) mass is 400 g/mol. The molecule has 0 radical (unpaired) electrons. The van der Waals surface area contributed by atoms with E-state index in [0.717, 1.165) is 25.7 Å². The Bertz CT molecular complexity index is 1190. The van der Waals surface area contributed by atoms with Gasteiger partial charge in [-0.3, -0.25) is 4.55 Å². The fourth-order valence-electron chi connectivity index (χ4n) is 3.05. The summed E-state index contributed by atoms with van der Waals surface area (Å²) >= 11 is 0. The molecule has 0 spiro atoms. The molecule has 0 bridgehead atoms. The van der Waals surface area contributed by atoms with E-state index >= 15 is 0 Å². The van der Waals surface area contributed by atoms with Gasteiger partial charge >= 0.3 is 11.9 Å². The van der Waals surface area contributed by atoms with Crippen LogP contribution < -0.4 is 0 Å². The first-order valence-corrected chi connectivity index (χ1v) is 9.52. The maximum absolute atomic E-state index is 12.4. The van der Waals surface area contributed by atoms with E-state index in [0.29, 0.717) is 10.9 Å². The SMILES string of the molecule is COC(=O)c1cc(C(=O)OC)c(-c2cccc3ccccc23)c(S(=O)(=O)O)c1. The van der Waals surface area contributed by atoms with Gasteiger partial charge in [-0.25, -0.2) is 9.59 Å². The van der Waals surface area contributed by atoms with Crippen molar-refractivity contribution in [1.29, 1.82) is 0 Å². The molecule has 0 fully saturated rings. The van der Waals surface area contributed by atoms with Gasteiger partial charge in [-0.05, 0) is 28.5 Å². The van der Waals surface area contributed by atoms with Crippen molar-refractivity contribution < 1.29 is 32.0 Å². The van der Waals surface area contributed by atoms with Crippen LogP contribution in [0.15, 0.2) is 59.5 Å². The number of hydrogen-bond acceptors (Lipinski definition) is 6. The molecule has 0 saturated carbocycles. The number of ether oxygens (including phenoxy) is 2. The highest BCUT2D eigenvalue weighted by molar-refractivity contribution is 7.86. The Morgan fingerprint density at radius 3 is 2.18 bits per heavy atom. The van der Waals surface area contributed by atoms with E-state index in [4.69, 9.17) is 4.74 Å². The van der Waals surface area contributed by atoms with Gasteiger partial charge in [0.1, 0.15) is 4.90 Å². The summed E-state index contributed by atoms with van der Waals surface area (Å²) in [5, 5.41) is 1.46. The highest BCUT2D eigenvalue weighted by atomic mass is 32.2. The number of esters is 2. The van der Waals surface area contributed by atoms with Crippen LogP contribution in [-0.4, -0.2) is 39.1 Å². The average Bonchev–Trinajstić information content (AvgIpc) is 2.70. The zero-order chi connectivity index (χ0) is 20.5. The molecular weight excluding hydrogens is 384 g/mol. The highest BCUT2D eigenvalue weighted by Gasteiger charge is 2.27. The van der Waals surface area contributed by atoms with Crippen LogP contribution in [0.1, 0.15) is 20.7 Å². The Morgan fingerprint density at radius 2 is 1.54 bits per heavy atom. The molecule has 0 heterocycles. The Kier molecular flexibility index (Phi) is 5.17. The summed E-state index contributed by atoms with van der Waals surface area (Å²) in [5.41, 5.74) is -0.0600. The highest BCUT2D eigenvalue weighted by Crippen LogP contribution is 2.37. The van der Waals surface area contributed by atoms with E-state index in [1.165, 1.54) is 6.07 Å². The second-order valence-electron chi connectivity index (χ2n) is 5.88. The lowest BCUT2D eigenvalue weighted by atomic mass is 9.93. The number of rotatable bonds is 4. The number of methoxy groups -OCH3 is 2. The molecule has 0 aliphatic rings. The molecule has 0 unspecified atom stereocenters. The Balaban J connectivity index is 2.51. The van der Waals surface area contributed by atoms with E-state index < -0.39 is 27.0 Å². The number of hydrogen-bond donors (Lipinski definition) is 1. The zero-order valence-electron chi connectivity index (χ0n) is 15.0. The Morgan fingerprint density at radius 1 is 0.893 bits per heavy atom. The maximum Gasteiger partial charge on any atom is 0.338 e. The van der Waals surface area contributed by atoms with E-state index in [1.807, 2.05) is 18.2 Å². The van der Waals surface area contributed by atoms with Crippen LogP contribution >= 0.6 is 0 Å². The minimum Gasteiger partial charge on any atom is -0.465 e. The van der Waals surface area contributed by atoms with Crippen molar-refractivity contribution in [3.63, 3.8) is 0 Å². The van der Waals surface area contributed by atoms with Gasteiger partial charge in [0.15, 0.2) is 0 Å². The fourth-order valence-corrected chi connectivity index (χ4v) is 3.80. The average molecular weight is 400 g/mol. The molecule has 0 aliphatic heterocycles. The summed E-state index contributed by atoms with van der Waals surface area (Å²) < 4.78 is 43.5. The number of fused-ring (bicyclic) bond motifs is 1. The molecule has 1 N–H and O–H groups in total.